The summed E-state index contributed by atoms with van der Waals surface area (Å²) in [5, 5.41) is 0. The van der Waals surface area contributed by atoms with Crippen LogP contribution in [0.4, 0.5) is 4.39 Å². The molecule has 3 heteroatoms. The minimum absolute atomic E-state index is 0.469. The van der Waals surface area contributed by atoms with Crippen molar-refractivity contribution in [2.75, 3.05) is 20.1 Å². The lowest BCUT2D eigenvalue weighted by Crippen LogP contribution is -2.53. The molecule has 2 aliphatic rings. The summed E-state index contributed by atoms with van der Waals surface area (Å²) < 4.78 is 13.9. The number of halogens is 1. The number of fused-ring (bicyclic) bond motifs is 1. The highest BCUT2D eigenvalue weighted by molar-refractivity contribution is 5.29. The maximum Gasteiger partial charge on any atom is 0.149 e. The van der Waals surface area contributed by atoms with E-state index in [0.717, 1.165) is 0 Å². The summed E-state index contributed by atoms with van der Waals surface area (Å²) in [4.78, 5) is 1.95. The third-order valence-corrected chi connectivity index (χ3v) is 2.74. The average Bonchev–Trinajstić information content (AvgIpc) is 2.16. The first-order chi connectivity index (χ1) is 5.06. The van der Waals surface area contributed by atoms with E-state index in [1.807, 2.05) is 24.1 Å². The van der Waals surface area contributed by atoms with Crippen LogP contribution in [0.3, 0.4) is 0 Å². The van der Waals surface area contributed by atoms with Gasteiger partial charge in [0.25, 0.3) is 0 Å². The summed E-state index contributed by atoms with van der Waals surface area (Å²) >= 11 is 0. The van der Waals surface area contributed by atoms with Gasteiger partial charge < -0.3 is 10.6 Å². The lowest BCUT2D eigenvalue weighted by molar-refractivity contribution is 0.140. The number of allylic oxidation sites excluding steroid dienone is 1. The van der Waals surface area contributed by atoms with Gasteiger partial charge in [-0.3, -0.25) is 0 Å². The third kappa shape index (κ3) is 0.781. The van der Waals surface area contributed by atoms with Gasteiger partial charge in [0, 0.05) is 19.5 Å². The number of hydrogen-bond acceptors (Lipinski definition) is 2. The fourth-order valence-electron chi connectivity index (χ4n) is 2.13. The van der Waals surface area contributed by atoms with Crippen LogP contribution in [0.25, 0.3) is 0 Å². The van der Waals surface area contributed by atoms with Gasteiger partial charge in [0.2, 0.25) is 0 Å². The first-order valence-electron chi connectivity index (χ1n) is 3.90. The van der Waals surface area contributed by atoms with Gasteiger partial charge in [-0.1, -0.05) is 12.2 Å². The minimum Gasteiger partial charge on any atom is -0.318 e. The average molecular weight is 156 g/mol. The number of hydrogen-bond donors (Lipinski definition) is 1. The van der Waals surface area contributed by atoms with Crippen molar-refractivity contribution in [2.45, 2.75) is 17.6 Å². The van der Waals surface area contributed by atoms with E-state index >= 15 is 0 Å². The van der Waals surface area contributed by atoms with Gasteiger partial charge in [-0.05, 0) is 7.05 Å². The maximum absolute atomic E-state index is 13.9. The molecule has 62 valence electrons. The summed E-state index contributed by atoms with van der Waals surface area (Å²) in [5.74, 6) is 0. The SMILES string of the molecule is CN1C[C@@]2(F)CC=C[C@@]2(N)C1. The molecule has 2 N–H and O–H groups in total. The summed E-state index contributed by atoms with van der Waals surface area (Å²) in [7, 11) is 1.90. The van der Waals surface area contributed by atoms with Gasteiger partial charge in [-0.25, -0.2) is 4.39 Å². The second kappa shape index (κ2) is 1.84. The van der Waals surface area contributed by atoms with Crippen molar-refractivity contribution in [2.24, 2.45) is 5.73 Å². The van der Waals surface area contributed by atoms with Crippen molar-refractivity contribution in [1.82, 2.24) is 4.90 Å². The van der Waals surface area contributed by atoms with Gasteiger partial charge in [0.1, 0.15) is 5.67 Å². The smallest absolute Gasteiger partial charge is 0.149 e. The minimum atomic E-state index is -1.19. The van der Waals surface area contributed by atoms with Crippen LogP contribution >= 0.6 is 0 Å². The van der Waals surface area contributed by atoms with E-state index in [1.54, 1.807) is 0 Å². The van der Waals surface area contributed by atoms with Crippen LogP contribution in [0.2, 0.25) is 0 Å². The van der Waals surface area contributed by atoms with Crippen LogP contribution in [-0.2, 0) is 0 Å². The fraction of sp³-hybridized carbons (Fsp3) is 0.750. The molecule has 1 aliphatic carbocycles. The lowest BCUT2D eigenvalue weighted by atomic mass is 9.89. The first kappa shape index (κ1) is 7.25. The molecule has 0 aromatic rings. The van der Waals surface area contributed by atoms with Crippen molar-refractivity contribution in [3.63, 3.8) is 0 Å². The normalized spacial score (nSPS) is 50.1. The Morgan fingerprint density at radius 3 is 2.91 bits per heavy atom. The van der Waals surface area contributed by atoms with E-state index in [2.05, 4.69) is 0 Å². The second-order valence-corrected chi connectivity index (χ2v) is 3.78. The van der Waals surface area contributed by atoms with Crippen molar-refractivity contribution in [1.29, 1.82) is 0 Å². The molecule has 0 spiro atoms. The van der Waals surface area contributed by atoms with Crippen LogP contribution in [0.5, 0.6) is 0 Å². The zero-order chi connectivity index (χ0) is 8.11. The Balaban J connectivity index is 2.33. The zero-order valence-corrected chi connectivity index (χ0v) is 6.68. The summed E-state index contributed by atoms with van der Waals surface area (Å²) in [6.45, 7) is 1.11. The number of rotatable bonds is 0. The third-order valence-electron chi connectivity index (χ3n) is 2.74. The van der Waals surface area contributed by atoms with Crippen LogP contribution in [0.1, 0.15) is 6.42 Å². The molecule has 1 fully saturated rings. The molecule has 0 aromatic carbocycles. The maximum atomic E-state index is 13.9. The molecule has 11 heavy (non-hydrogen) atoms. The van der Waals surface area contributed by atoms with Gasteiger partial charge in [-0.2, -0.15) is 0 Å². The molecule has 1 heterocycles. The van der Waals surface area contributed by atoms with Gasteiger partial charge >= 0.3 is 0 Å². The van der Waals surface area contributed by atoms with Crippen molar-refractivity contribution in [3.8, 4) is 0 Å². The van der Waals surface area contributed by atoms with Gasteiger partial charge in [0.05, 0.1) is 5.54 Å². The molecule has 2 atom stereocenters. The van der Waals surface area contributed by atoms with E-state index in [0.29, 0.717) is 19.5 Å². The Hall–Kier alpha value is -0.410. The first-order valence-corrected chi connectivity index (χ1v) is 3.90. The van der Waals surface area contributed by atoms with Gasteiger partial charge in [-0.15, -0.1) is 0 Å². The molecule has 0 saturated carbocycles. The Labute approximate surface area is 65.9 Å². The topological polar surface area (TPSA) is 29.3 Å². The summed E-state index contributed by atoms with van der Waals surface area (Å²) in [6, 6.07) is 0. The Morgan fingerprint density at radius 1 is 1.55 bits per heavy atom. The number of alkyl halides is 1. The van der Waals surface area contributed by atoms with Crippen molar-refractivity contribution in [3.05, 3.63) is 12.2 Å². The quantitative estimate of drug-likeness (QED) is 0.511. The van der Waals surface area contributed by atoms with Crippen LogP contribution in [0, 0.1) is 0 Å². The summed E-state index contributed by atoms with van der Waals surface area (Å²) in [6.07, 6.45) is 4.15. The van der Waals surface area contributed by atoms with E-state index < -0.39 is 11.2 Å². The van der Waals surface area contributed by atoms with E-state index in [4.69, 9.17) is 5.73 Å². The Bertz CT molecular complexity index is 216. The predicted molar refractivity (Wildman–Crippen MR) is 42.0 cm³/mol. The monoisotopic (exact) mass is 156 g/mol. The molecule has 0 bridgehead atoms. The van der Waals surface area contributed by atoms with Gasteiger partial charge in [0.15, 0.2) is 0 Å². The highest BCUT2D eigenvalue weighted by atomic mass is 19.1. The molecule has 2 rings (SSSR count). The van der Waals surface area contributed by atoms with E-state index in [-0.39, 0.29) is 0 Å². The molecule has 0 amide bonds. The molecule has 0 radical (unpaired) electrons. The molecule has 0 unspecified atom stereocenters. The molecule has 0 aromatic heterocycles. The number of nitrogens with two attached hydrogens (primary N) is 1. The summed E-state index contributed by atoms with van der Waals surface area (Å²) in [5.41, 5.74) is 3.99. The van der Waals surface area contributed by atoms with E-state index in [1.165, 1.54) is 0 Å². The number of likely N-dealkylation sites (tertiary alicyclic amines) is 1. The van der Waals surface area contributed by atoms with Crippen LogP contribution < -0.4 is 5.73 Å². The molecular formula is C8H13FN2. The molecule has 1 saturated heterocycles. The lowest BCUT2D eigenvalue weighted by Gasteiger charge is -2.27. The predicted octanol–water partition coefficient (Wildman–Crippen LogP) is 0.297. The molecule has 2 nitrogen and oxygen atoms in total. The van der Waals surface area contributed by atoms with Crippen molar-refractivity contribution < 1.29 is 4.39 Å². The highest BCUT2D eigenvalue weighted by Crippen LogP contribution is 2.41. The largest absolute Gasteiger partial charge is 0.318 e. The Morgan fingerprint density at radius 2 is 2.27 bits per heavy atom. The zero-order valence-electron chi connectivity index (χ0n) is 6.68. The van der Waals surface area contributed by atoms with Crippen LogP contribution in [-0.4, -0.2) is 36.2 Å². The molecular weight excluding hydrogens is 143 g/mol. The second-order valence-electron chi connectivity index (χ2n) is 3.78. The molecule has 1 aliphatic heterocycles. The number of likely N-dealkylation sites (N-methyl/N-ethyl adjacent to an activating group) is 1. The van der Waals surface area contributed by atoms with Crippen molar-refractivity contribution >= 4 is 0 Å². The standard InChI is InChI=1S/C8H13FN2/c1-11-5-7(9)3-2-4-8(7,10)6-11/h2,4H,3,5-6,10H2,1H3/t7-,8+/m0/s1. The van der Waals surface area contributed by atoms with Crippen LogP contribution in [0.15, 0.2) is 12.2 Å². The van der Waals surface area contributed by atoms with E-state index in [9.17, 15) is 4.39 Å². The number of nitrogens with zero attached hydrogens (tertiary/aromatic N) is 1. The highest BCUT2D eigenvalue weighted by Gasteiger charge is 2.56. The Kier molecular flexibility index (Phi) is 1.22. The fourth-order valence-corrected chi connectivity index (χ4v) is 2.13.